The van der Waals surface area contributed by atoms with E-state index in [1.165, 1.54) is 5.56 Å². The molecule has 3 rings (SSSR count). The maximum absolute atomic E-state index is 5.92. The number of aromatic nitrogens is 2. The van der Waals surface area contributed by atoms with Gasteiger partial charge in [-0.15, -0.1) is 0 Å². The van der Waals surface area contributed by atoms with Crippen LogP contribution in [0.4, 0.5) is 5.69 Å². The normalized spacial score (nSPS) is 11.4. The van der Waals surface area contributed by atoms with Crippen LogP contribution in [-0.2, 0) is 13.0 Å². The van der Waals surface area contributed by atoms with Gasteiger partial charge in [-0.1, -0.05) is 48.5 Å². The predicted molar refractivity (Wildman–Crippen MR) is 98.0 cm³/mol. The zero-order chi connectivity index (χ0) is 16.6. The first-order valence-electron chi connectivity index (χ1n) is 7.97. The van der Waals surface area contributed by atoms with Crippen LogP contribution in [0.2, 0.25) is 0 Å². The number of nitrogens with zero attached hydrogens (tertiary/aromatic N) is 3. The second kappa shape index (κ2) is 7.97. The van der Waals surface area contributed by atoms with Gasteiger partial charge in [0.2, 0.25) is 0 Å². The molecule has 0 amide bonds. The highest BCUT2D eigenvalue weighted by molar-refractivity contribution is 5.92. The lowest BCUT2D eigenvalue weighted by Gasteiger charge is -2.08. The highest BCUT2D eigenvalue weighted by Crippen LogP contribution is 2.07. The molecule has 3 N–H and O–H groups in total. The van der Waals surface area contributed by atoms with Crippen molar-refractivity contribution in [2.45, 2.75) is 13.0 Å². The lowest BCUT2D eigenvalue weighted by molar-refractivity contribution is 0.716. The third-order valence-corrected chi connectivity index (χ3v) is 3.66. The molecule has 0 aliphatic rings. The van der Waals surface area contributed by atoms with Gasteiger partial charge in [0, 0.05) is 37.6 Å². The fraction of sp³-hybridized carbons (Fsp3) is 0.158. The molecule has 2 aromatic carbocycles. The van der Waals surface area contributed by atoms with E-state index in [2.05, 4.69) is 32.0 Å². The van der Waals surface area contributed by atoms with Crippen LogP contribution in [0.3, 0.4) is 0 Å². The van der Waals surface area contributed by atoms with Crippen LogP contribution in [-0.4, -0.2) is 22.1 Å². The molecule has 24 heavy (non-hydrogen) atoms. The summed E-state index contributed by atoms with van der Waals surface area (Å²) in [5.41, 5.74) is 8.11. The summed E-state index contributed by atoms with van der Waals surface area (Å²) in [6.07, 6.45) is 4.57. The molecule has 0 saturated heterocycles. The molecule has 0 saturated carbocycles. The topological polar surface area (TPSA) is 68.2 Å². The van der Waals surface area contributed by atoms with E-state index in [0.717, 1.165) is 24.5 Å². The molecule has 0 bridgehead atoms. The van der Waals surface area contributed by atoms with Gasteiger partial charge < -0.3 is 15.6 Å². The van der Waals surface area contributed by atoms with Crippen LogP contribution in [0.1, 0.15) is 11.4 Å². The Morgan fingerprint density at radius 1 is 1.04 bits per heavy atom. The Balaban J connectivity index is 1.55. The average Bonchev–Trinajstić information content (AvgIpc) is 3.04. The Morgan fingerprint density at radius 2 is 1.75 bits per heavy atom. The summed E-state index contributed by atoms with van der Waals surface area (Å²) < 4.78 is 2.14. The second-order valence-electron chi connectivity index (χ2n) is 5.46. The molecule has 0 radical (unpaired) electrons. The van der Waals surface area contributed by atoms with Gasteiger partial charge >= 0.3 is 0 Å². The molecule has 0 unspecified atom stereocenters. The SMILES string of the molecule is NC(=NCCc1nccn1Cc1ccccc1)Nc1ccccc1. The van der Waals surface area contributed by atoms with Gasteiger partial charge in [0.25, 0.3) is 0 Å². The summed E-state index contributed by atoms with van der Waals surface area (Å²) in [5.74, 6) is 1.43. The Bertz CT molecular complexity index is 778. The van der Waals surface area contributed by atoms with Crippen molar-refractivity contribution < 1.29 is 0 Å². The van der Waals surface area contributed by atoms with Gasteiger partial charge in [-0.2, -0.15) is 0 Å². The number of para-hydroxylation sites is 1. The van der Waals surface area contributed by atoms with Gasteiger partial charge in [-0.3, -0.25) is 4.99 Å². The van der Waals surface area contributed by atoms with Crippen molar-refractivity contribution in [2.75, 3.05) is 11.9 Å². The lowest BCUT2D eigenvalue weighted by Crippen LogP contribution is -2.23. The number of hydrogen-bond donors (Lipinski definition) is 2. The van der Waals surface area contributed by atoms with Crippen molar-refractivity contribution in [2.24, 2.45) is 10.7 Å². The molecule has 0 spiro atoms. The van der Waals surface area contributed by atoms with E-state index >= 15 is 0 Å². The number of hydrogen-bond acceptors (Lipinski definition) is 2. The quantitative estimate of drug-likeness (QED) is 0.542. The van der Waals surface area contributed by atoms with Gasteiger partial charge in [0.15, 0.2) is 5.96 Å². The zero-order valence-electron chi connectivity index (χ0n) is 13.5. The average molecular weight is 319 g/mol. The first-order chi connectivity index (χ1) is 11.8. The van der Waals surface area contributed by atoms with Gasteiger partial charge in [-0.05, 0) is 17.7 Å². The molecule has 1 heterocycles. The maximum atomic E-state index is 5.92. The molecular weight excluding hydrogens is 298 g/mol. The number of imidazole rings is 1. The molecular formula is C19H21N5. The summed E-state index contributed by atoms with van der Waals surface area (Å²) in [6.45, 7) is 1.41. The minimum atomic E-state index is 0.419. The lowest BCUT2D eigenvalue weighted by atomic mass is 10.2. The van der Waals surface area contributed by atoms with Crippen LogP contribution in [0.25, 0.3) is 0 Å². The molecule has 0 atom stereocenters. The summed E-state index contributed by atoms with van der Waals surface area (Å²) in [7, 11) is 0. The van der Waals surface area contributed by atoms with E-state index in [-0.39, 0.29) is 0 Å². The van der Waals surface area contributed by atoms with Crippen molar-refractivity contribution in [3.8, 4) is 0 Å². The number of nitrogens with one attached hydrogen (secondary N) is 1. The van der Waals surface area contributed by atoms with Gasteiger partial charge in [0.1, 0.15) is 5.82 Å². The van der Waals surface area contributed by atoms with E-state index in [0.29, 0.717) is 12.5 Å². The van der Waals surface area contributed by atoms with E-state index in [4.69, 9.17) is 5.73 Å². The molecule has 1 aromatic heterocycles. The van der Waals surface area contributed by atoms with Crippen molar-refractivity contribution >= 4 is 11.6 Å². The van der Waals surface area contributed by atoms with Crippen LogP contribution >= 0.6 is 0 Å². The summed E-state index contributed by atoms with van der Waals surface area (Å²) >= 11 is 0. The number of benzene rings is 2. The minimum absolute atomic E-state index is 0.419. The van der Waals surface area contributed by atoms with Crippen molar-refractivity contribution in [1.82, 2.24) is 9.55 Å². The number of guanidine groups is 1. The molecule has 0 fully saturated rings. The Labute approximate surface area is 141 Å². The van der Waals surface area contributed by atoms with E-state index < -0.39 is 0 Å². The van der Waals surface area contributed by atoms with Crippen LogP contribution in [0.15, 0.2) is 78.0 Å². The first kappa shape index (κ1) is 15.8. The highest BCUT2D eigenvalue weighted by Gasteiger charge is 2.03. The third kappa shape index (κ3) is 4.46. The van der Waals surface area contributed by atoms with Crippen molar-refractivity contribution in [1.29, 1.82) is 0 Å². The summed E-state index contributed by atoms with van der Waals surface area (Å²) in [6, 6.07) is 20.1. The predicted octanol–water partition coefficient (Wildman–Crippen LogP) is 2.90. The van der Waals surface area contributed by atoms with Crippen molar-refractivity contribution in [3.05, 3.63) is 84.4 Å². The van der Waals surface area contributed by atoms with Crippen LogP contribution in [0, 0.1) is 0 Å². The minimum Gasteiger partial charge on any atom is -0.370 e. The number of nitrogens with two attached hydrogens (primary N) is 1. The van der Waals surface area contributed by atoms with Gasteiger partial charge in [-0.25, -0.2) is 4.98 Å². The third-order valence-electron chi connectivity index (χ3n) is 3.66. The summed E-state index contributed by atoms with van der Waals surface area (Å²) in [5, 5.41) is 3.08. The van der Waals surface area contributed by atoms with Gasteiger partial charge in [0.05, 0.1) is 0 Å². The van der Waals surface area contributed by atoms with E-state index in [1.54, 1.807) is 0 Å². The standard InChI is InChI=1S/C19H21N5/c20-19(23-17-9-5-2-6-10-17)22-12-11-18-21-13-14-24(18)15-16-7-3-1-4-8-16/h1-10,13-14H,11-12,15H2,(H3,20,22,23). The smallest absolute Gasteiger partial charge is 0.193 e. The molecule has 0 aliphatic heterocycles. The van der Waals surface area contributed by atoms with Crippen LogP contribution < -0.4 is 11.1 Å². The highest BCUT2D eigenvalue weighted by atomic mass is 15.1. The molecule has 5 nitrogen and oxygen atoms in total. The Hall–Kier alpha value is -3.08. The Morgan fingerprint density at radius 3 is 2.50 bits per heavy atom. The number of rotatable bonds is 6. The fourth-order valence-electron chi connectivity index (χ4n) is 2.48. The molecule has 0 aliphatic carbocycles. The Kier molecular flexibility index (Phi) is 5.24. The molecule has 5 heteroatoms. The monoisotopic (exact) mass is 319 g/mol. The second-order valence-corrected chi connectivity index (χ2v) is 5.46. The number of anilines is 1. The maximum Gasteiger partial charge on any atom is 0.193 e. The molecule has 122 valence electrons. The molecule has 3 aromatic rings. The largest absolute Gasteiger partial charge is 0.370 e. The van der Waals surface area contributed by atoms with E-state index in [1.807, 2.05) is 60.9 Å². The summed E-state index contributed by atoms with van der Waals surface area (Å²) in [4.78, 5) is 8.80. The van der Waals surface area contributed by atoms with Crippen LogP contribution in [0.5, 0.6) is 0 Å². The fourth-order valence-corrected chi connectivity index (χ4v) is 2.48. The van der Waals surface area contributed by atoms with E-state index in [9.17, 15) is 0 Å². The number of aliphatic imine (C=N–C) groups is 1. The zero-order valence-corrected chi connectivity index (χ0v) is 13.5. The van der Waals surface area contributed by atoms with Crippen molar-refractivity contribution in [3.63, 3.8) is 0 Å². The first-order valence-corrected chi connectivity index (χ1v) is 7.97.